The summed E-state index contributed by atoms with van der Waals surface area (Å²) < 4.78 is 43.2. The second-order valence-corrected chi connectivity index (χ2v) is 4.44. The number of hydrogen-bond donors (Lipinski definition) is 1. The minimum atomic E-state index is -4.50. The zero-order chi connectivity index (χ0) is 15.6. The minimum absolute atomic E-state index is 0.0645. The fourth-order valence-electron chi connectivity index (χ4n) is 1.72. The molecular weight excluding hydrogens is 281 g/mol. The lowest BCUT2D eigenvalue weighted by Crippen LogP contribution is -2.05. The van der Waals surface area contributed by atoms with Gasteiger partial charge >= 0.3 is 6.18 Å². The fourth-order valence-corrected chi connectivity index (χ4v) is 1.72. The maximum atomic E-state index is 12.6. The highest BCUT2D eigenvalue weighted by molar-refractivity contribution is 5.52. The van der Waals surface area contributed by atoms with Crippen LogP contribution in [0.2, 0.25) is 0 Å². The molecule has 0 amide bonds. The Morgan fingerprint density at radius 1 is 1.14 bits per heavy atom. The molecule has 3 nitrogen and oxygen atoms in total. The Kier molecular flexibility index (Phi) is 3.76. The molecule has 2 aromatic carbocycles. The SMILES string of the molecule is Cc1cc(Oc2ccc(C(F)(F)F)cc2C#N)ccc1N. The number of benzene rings is 2. The predicted octanol–water partition coefficient (Wildman–Crippen LogP) is 4.26. The normalized spacial score (nSPS) is 11.0. The van der Waals surface area contributed by atoms with Gasteiger partial charge in [-0.05, 0) is 48.9 Å². The second kappa shape index (κ2) is 5.37. The first-order chi connectivity index (χ1) is 9.81. The van der Waals surface area contributed by atoms with Crippen LogP contribution in [0.4, 0.5) is 18.9 Å². The molecule has 0 bridgehead atoms. The summed E-state index contributed by atoms with van der Waals surface area (Å²) >= 11 is 0. The summed E-state index contributed by atoms with van der Waals surface area (Å²) in [5, 5.41) is 8.97. The molecule has 0 aliphatic carbocycles. The summed E-state index contributed by atoms with van der Waals surface area (Å²) in [4.78, 5) is 0. The molecule has 21 heavy (non-hydrogen) atoms. The molecule has 2 aromatic rings. The Morgan fingerprint density at radius 3 is 2.43 bits per heavy atom. The molecule has 0 heterocycles. The van der Waals surface area contributed by atoms with Crippen molar-refractivity contribution < 1.29 is 17.9 Å². The van der Waals surface area contributed by atoms with Crippen LogP contribution in [0, 0.1) is 18.3 Å². The molecule has 2 N–H and O–H groups in total. The van der Waals surface area contributed by atoms with Gasteiger partial charge in [-0.2, -0.15) is 18.4 Å². The number of nitrogen functional groups attached to an aromatic ring is 1. The predicted molar refractivity (Wildman–Crippen MR) is 71.8 cm³/mol. The molecule has 0 fully saturated rings. The first kappa shape index (κ1) is 14.7. The van der Waals surface area contributed by atoms with E-state index in [2.05, 4.69) is 0 Å². The van der Waals surface area contributed by atoms with Crippen LogP contribution in [-0.4, -0.2) is 0 Å². The number of nitrogens with two attached hydrogens (primary N) is 1. The van der Waals surface area contributed by atoms with Crippen molar-refractivity contribution in [3.05, 3.63) is 53.1 Å². The van der Waals surface area contributed by atoms with Crippen molar-refractivity contribution in [2.45, 2.75) is 13.1 Å². The molecule has 0 atom stereocenters. The third-order valence-electron chi connectivity index (χ3n) is 2.90. The average molecular weight is 292 g/mol. The number of rotatable bonds is 2. The number of halogens is 3. The Morgan fingerprint density at radius 2 is 1.86 bits per heavy atom. The Hall–Kier alpha value is -2.68. The zero-order valence-electron chi connectivity index (χ0n) is 11.0. The molecule has 2 rings (SSSR count). The van der Waals surface area contributed by atoms with Crippen molar-refractivity contribution >= 4 is 5.69 Å². The van der Waals surface area contributed by atoms with Crippen LogP contribution in [-0.2, 0) is 6.18 Å². The molecule has 0 saturated heterocycles. The summed E-state index contributed by atoms with van der Waals surface area (Å²) in [6.45, 7) is 1.78. The highest BCUT2D eigenvalue weighted by Crippen LogP contribution is 2.34. The lowest BCUT2D eigenvalue weighted by molar-refractivity contribution is -0.137. The summed E-state index contributed by atoms with van der Waals surface area (Å²) in [5.74, 6) is 0.465. The molecule has 6 heteroatoms. The number of nitrogens with zero attached hydrogens (tertiary/aromatic N) is 1. The fraction of sp³-hybridized carbons (Fsp3) is 0.133. The van der Waals surface area contributed by atoms with E-state index in [9.17, 15) is 13.2 Å². The summed E-state index contributed by atoms with van der Waals surface area (Å²) in [6, 6.07) is 9.33. The van der Waals surface area contributed by atoms with E-state index in [0.717, 1.165) is 23.8 Å². The van der Waals surface area contributed by atoms with Crippen molar-refractivity contribution in [3.8, 4) is 17.6 Å². The van der Waals surface area contributed by atoms with E-state index in [1.54, 1.807) is 31.2 Å². The summed E-state index contributed by atoms with van der Waals surface area (Å²) in [7, 11) is 0. The molecule has 0 aliphatic heterocycles. The highest BCUT2D eigenvalue weighted by atomic mass is 19.4. The van der Waals surface area contributed by atoms with Gasteiger partial charge in [-0.1, -0.05) is 0 Å². The van der Waals surface area contributed by atoms with Crippen LogP contribution >= 0.6 is 0 Å². The largest absolute Gasteiger partial charge is 0.456 e. The van der Waals surface area contributed by atoms with E-state index in [4.69, 9.17) is 15.7 Å². The highest BCUT2D eigenvalue weighted by Gasteiger charge is 2.31. The standard InChI is InChI=1S/C15H11F3N2O/c1-9-6-12(3-4-13(9)20)21-14-5-2-11(15(16,17)18)7-10(14)8-19/h2-7H,20H2,1H3. The second-order valence-electron chi connectivity index (χ2n) is 4.44. The van der Waals surface area contributed by atoms with Crippen LogP contribution in [0.5, 0.6) is 11.5 Å². The molecule has 108 valence electrons. The van der Waals surface area contributed by atoms with E-state index in [1.807, 2.05) is 0 Å². The molecule has 0 unspecified atom stereocenters. The van der Waals surface area contributed by atoms with E-state index in [-0.39, 0.29) is 11.3 Å². The quantitative estimate of drug-likeness (QED) is 0.841. The van der Waals surface area contributed by atoms with Gasteiger partial charge in [0, 0.05) is 5.69 Å². The summed E-state index contributed by atoms with van der Waals surface area (Å²) in [5.41, 5.74) is 5.96. The maximum Gasteiger partial charge on any atom is 0.416 e. The first-order valence-corrected chi connectivity index (χ1v) is 5.96. The smallest absolute Gasteiger partial charge is 0.416 e. The topological polar surface area (TPSA) is 59.0 Å². The Balaban J connectivity index is 2.36. The van der Waals surface area contributed by atoms with Gasteiger partial charge in [-0.15, -0.1) is 0 Å². The number of ether oxygens (including phenoxy) is 1. The van der Waals surface area contributed by atoms with Crippen molar-refractivity contribution in [2.75, 3.05) is 5.73 Å². The van der Waals surface area contributed by atoms with E-state index >= 15 is 0 Å². The molecule has 0 radical (unpaired) electrons. The minimum Gasteiger partial charge on any atom is -0.456 e. The number of nitriles is 1. The van der Waals surface area contributed by atoms with E-state index < -0.39 is 11.7 Å². The maximum absolute atomic E-state index is 12.6. The lowest BCUT2D eigenvalue weighted by atomic mass is 10.1. The Labute approximate surface area is 119 Å². The van der Waals surface area contributed by atoms with Gasteiger partial charge in [0.05, 0.1) is 11.1 Å². The van der Waals surface area contributed by atoms with Gasteiger partial charge in [-0.25, -0.2) is 0 Å². The van der Waals surface area contributed by atoms with Crippen LogP contribution < -0.4 is 10.5 Å². The molecule has 0 saturated carbocycles. The number of hydrogen-bond acceptors (Lipinski definition) is 3. The van der Waals surface area contributed by atoms with Crippen LogP contribution in [0.3, 0.4) is 0 Å². The summed E-state index contributed by atoms with van der Waals surface area (Å²) in [6.07, 6.45) is -4.50. The van der Waals surface area contributed by atoms with Crippen molar-refractivity contribution in [1.29, 1.82) is 5.26 Å². The average Bonchev–Trinajstić information content (AvgIpc) is 2.42. The number of alkyl halides is 3. The van der Waals surface area contributed by atoms with Gasteiger partial charge in [-0.3, -0.25) is 0 Å². The molecular formula is C15H11F3N2O. The van der Waals surface area contributed by atoms with Gasteiger partial charge in [0.2, 0.25) is 0 Å². The first-order valence-electron chi connectivity index (χ1n) is 5.96. The third-order valence-corrected chi connectivity index (χ3v) is 2.90. The lowest BCUT2D eigenvalue weighted by Gasteiger charge is -2.11. The number of anilines is 1. The zero-order valence-corrected chi connectivity index (χ0v) is 11.0. The van der Waals surface area contributed by atoms with Gasteiger partial charge in [0.25, 0.3) is 0 Å². The van der Waals surface area contributed by atoms with Gasteiger partial charge in [0.15, 0.2) is 0 Å². The van der Waals surface area contributed by atoms with E-state index in [1.165, 1.54) is 0 Å². The number of aryl methyl sites for hydroxylation is 1. The monoisotopic (exact) mass is 292 g/mol. The van der Waals surface area contributed by atoms with Gasteiger partial charge < -0.3 is 10.5 Å². The van der Waals surface area contributed by atoms with Gasteiger partial charge in [0.1, 0.15) is 17.6 Å². The van der Waals surface area contributed by atoms with Crippen molar-refractivity contribution in [3.63, 3.8) is 0 Å². The molecule has 0 spiro atoms. The molecule has 0 aromatic heterocycles. The van der Waals surface area contributed by atoms with Crippen molar-refractivity contribution in [2.24, 2.45) is 0 Å². The third kappa shape index (κ3) is 3.26. The van der Waals surface area contributed by atoms with Crippen LogP contribution in [0.1, 0.15) is 16.7 Å². The van der Waals surface area contributed by atoms with Crippen molar-refractivity contribution in [1.82, 2.24) is 0 Å². The molecule has 0 aliphatic rings. The Bertz CT molecular complexity index is 718. The van der Waals surface area contributed by atoms with E-state index in [0.29, 0.717) is 11.4 Å². The van der Waals surface area contributed by atoms with Crippen LogP contribution in [0.25, 0.3) is 0 Å². The van der Waals surface area contributed by atoms with Crippen LogP contribution in [0.15, 0.2) is 36.4 Å².